The lowest BCUT2D eigenvalue weighted by molar-refractivity contribution is -0.130. The number of amides is 1. The Labute approximate surface area is 168 Å². The number of aromatic nitrogens is 1. The molecule has 0 unspecified atom stereocenters. The molecule has 6 heteroatoms. The first-order valence-corrected chi connectivity index (χ1v) is 10.5. The third-order valence-corrected chi connectivity index (χ3v) is 6.27. The number of carbonyl (C=O) groups excluding carboxylic acids is 1. The van der Waals surface area contributed by atoms with Crippen LogP contribution in [0.3, 0.4) is 0 Å². The molecular weight excluding hydrogens is 378 g/mol. The number of thiophene rings is 1. The highest BCUT2D eigenvalue weighted by atomic mass is 35.5. The fourth-order valence-corrected chi connectivity index (χ4v) is 4.71. The van der Waals surface area contributed by atoms with Gasteiger partial charge in [0.1, 0.15) is 0 Å². The van der Waals surface area contributed by atoms with Crippen molar-refractivity contribution < 1.29 is 4.79 Å². The van der Waals surface area contributed by atoms with Crippen molar-refractivity contribution in [1.29, 1.82) is 0 Å². The van der Waals surface area contributed by atoms with Gasteiger partial charge < -0.3 is 4.90 Å². The molecule has 4 nitrogen and oxygen atoms in total. The van der Waals surface area contributed by atoms with E-state index in [2.05, 4.69) is 21.3 Å². The molecular formula is C21H22ClN3OS. The Morgan fingerprint density at radius 1 is 1.19 bits per heavy atom. The van der Waals surface area contributed by atoms with Crippen LogP contribution < -0.4 is 0 Å². The van der Waals surface area contributed by atoms with Gasteiger partial charge in [0.2, 0.25) is 5.91 Å². The van der Waals surface area contributed by atoms with Gasteiger partial charge in [-0.25, -0.2) is 0 Å². The summed E-state index contributed by atoms with van der Waals surface area (Å²) in [5.41, 5.74) is 2.30. The van der Waals surface area contributed by atoms with Crippen molar-refractivity contribution in [3.05, 3.63) is 64.3 Å². The summed E-state index contributed by atoms with van der Waals surface area (Å²) >= 11 is 7.81. The van der Waals surface area contributed by atoms with Crippen LogP contribution in [-0.4, -0.2) is 46.9 Å². The van der Waals surface area contributed by atoms with E-state index >= 15 is 0 Å². The van der Waals surface area contributed by atoms with E-state index < -0.39 is 0 Å². The lowest BCUT2D eigenvalue weighted by Gasteiger charge is -2.22. The second-order valence-electron chi connectivity index (χ2n) is 6.95. The van der Waals surface area contributed by atoms with Crippen molar-refractivity contribution in [3.63, 3.8) is 0 Å². The number of halogens is 1. The van der Waals surface area contributed by atoms with Gasteiger partial charge in [0.05, 0.1) is 6.42 Å². The molecule has 0 atom stereocenters. The van der Waals surface area contributed by atoms with E-state index in [0.717, 1.165) is 55.1 Å². The van der Waals surface area contributed by atoms with Crippen LogP contribution in [0.2, 0.25) is 5.02 Å². The van der Waals surface area contributed by atoms with Crippen molar-refractivity contribution in [2.45, 2.75) is 19.4 Å². The van der Waals surface area contributed by atoms with Crippen LogP contribution >= 0.6 is 22.9 Å². The SMILES string of the molecule is O=C(Cc1csc2ccc(Cl)cc12)N1CCCN(Cc2cccnc2)CC1. The summed E-state index contributed by atoms with van der Waals surface area (Å²) in [5, 5.41) is 3.91. The molecule has 0 bridgehead atoms. The molecule has 1 fully saturated rings. The Kier molecular flexibility index (Phi) is 5.72. The highest BCUT2D eigenvalue weighted by molar-refractivity contribution is 7.17. The van der Waals surface area contributed by atoms with Crippen LogP contribution in [-0.2, 0) is 17.8 Å². The number of hydrogen-bond donors (Lipinski definition) is 0. The summed E-state index contributed by atoms with van der Waals surface area (Å²) in [6.07, 6.45) is 5.17. The highest BCUT2D eigenvalue weighted by Gasteiger charge is 2.20. The molecule has 0 aliphatic carbocycles. The quantitative estimate of drug-likeness (QED) is 0.658. The fraction of sp³-hybridized carbons (Fsp3) is 0.333. The van der Waals surface area contributed by atoms with E-state index in [0.29, 0.717) is 6.42 Å². The molecule has 140 valence electrons. The molecule has 1 aliphatic rings. The normalized spacial score (nSPS) is 15.8. The van der Waals surface area contributed by atoms with E-state index in [1.165, 1.54) is 10.3 Å². The first-order chi connectivity index (χ1) is 13.2. The van der Waals surface area contributed by atoms with Crippen LogP contribution in [0.4, 0.5) is 0 Å². The van der Waals surface area contributed by atoms with Gasteiger partial charge >= 0.3 is 0 Å². The van der Waals surface area contributed by atoms with E-state index in [1.807, 2.05) is 35.4 Å². The molecule has 0 radical (unpaired) electrons. The van der Waals surface area contributed by atoms with Crippen LogP contribution in [0, 0.1) is 0 Å². The topological polar surface area (TPSA) is 36.4 Å². The first-order valence-electron chi connectivity index (χ1n) is 9.24. The predicted octanol–water partition coefficient (Wildman–Crippen LogP) is 4.23. The zero-order valence-corrected chi connectivity index (χ0v) is 16.7. The largest absolute Gasteiger partial charge is 0.341 e. The monoisotopic (exact) mass is 399 g/mol. The van der Waals surface area contributed by atoms with Crippen LogP contribution in [0.15, 0.2) is 48.1 Å². The Morgan fingerprint density at radius 3 is 2.96 bits per heavy atom. The average molecular weight is 400 g/mol. The molecule has 0 saturated carbocycles. The minimum Gasteiger partial charge on any atom is -0.341 e. The first kappa shape index (κ1) is 18.4. The predicted molar refractivity (Wildman–Crippen MR) is 111 cm³/mol. The summed E-state index contributed by atoms with van der Waals surface area (Å²) in [6, 6.07) is 9.97. The van der Waals surface area contributed by atoms with Gasteiger partial charge in [0.25, 0.3) is 0 Å². The van der Waals surface area contributed by atoms with Crippen LogP contribution in [0.25, 0.3) is 10.1 Å². The summed E-state index contributed by atoms with van der Waals surface area (Å²) < 4.78 is 1.18. The molecule has 0 spiro atoms. The number of carbonyl (C=O) groups is 1. The molecule has 4 rings (SSSR count). The summed E-state index contributed by atoms with van der Waals surface area (Å²) in [5.74, 6) is 0.206. The lowest BCUT2D eigenvalue weighted by Crippen LogP contribution is -2.36. The molecule has 1 aliphatic heterocycles. The summed E-state index contributed by atoms with van der Waals surface area (Å²) in [7, 11) is 0. The summed E-state index contributed by atoms with van der Waals surface area (Å²) in [4.78, 5) is 21.5. The summed E-state index contributed by atoms with van der Waals surface area (Å²) in [6.45, 7) is 4.41. The minimum absolute atomic E-state index is 0.206. The molecule has 3 heterocycles. The Hall–Kier alpha value is -1.95. The fourth-order valence-electron chi connectivity index (χ4n) is 3.59. The second-order valence-corrected chi connectivity index (χ2v) is 8.30. The number of fused-ring (bicyclic) bond motifs is 1. The second kappa shape index (κ2) is 8.38. The van der Waals surface area contributed by atoms with Gasteiger partial charge in [0, 0.05) is 54.8 Å². The van der Waals surface area contributed by atoms with Crippen molar-refractivity contribution >= 4 is 38.9 Å². The van der Waals surface area contributed by atoms with Gasteiger partial charge in [-0.05, 0) is 52.6 Å². The molecule has 0 N–H and O–H groups in total. The molecule has 1 aromatic carbocycles. The lowest BCUT2D eigenvalue weighted by atomic mass is 10.1. The van der Waals surface area contributed by atoms with E-state index in [9.17, 15) is 4.79 Å². The molecule has 2 aromatic heterocycles. The van der Waals surface area contributed by atoms with Gasteiger partial charge in [-0.3, -0.25) is 14.7 Å². The van der Waals surface area contributed by atoms with Gasteiger partial charge in [0.15, 0.2) is 0 Å². The van der Waals surface area contributed by atoms with Gasteiger partial charge in [-0.15, -0.1) is 11.3 Å². The third-order valence-electron chi connectivity index (χ3n) is 5.03. The van der Waals surface area contributed by atoms with Crippen LogP contribution in [0.1, 0.15) is 17.5 Å². The van der Waals surface area contributed by atoms with Crippen molar-refractivity contribution in [2.75, 3.05) is 26.2 Å². The van der Waals surface area contributed by atoms with E-state index in [-0.39, 0.29) is 5.91 Å². The maximum atomic E-state index is 12.9. The number of hydrogen-bond acceptors (Lipinski definition) is 4. The Morgan fingerprint density at radius 2 is 2.11 bits per heavy atom. The van der Waals surface area contributed by atoms with Gasteiger partial charge in [-0.1, -0.05) is 17.7 Å². The zero-order valence-electron chi connectivity index (χ0n) is 15.1. The van der Waals surface area contributed by atoms with Gasteiger partial charge in [-0.2, -0.15) is 0 Å². The van der Waals surface area contributed by atoms with E-state index in [1.54, 1.807) is 17.5 Å². The Bertz CT molecular complexity index is 928. The highest BCUT2D eigenvalue weighted by Crippen LogP contribution is 2.29. The van der Waals surface area contributed by atoms with Crippen LogP contribution in [0.5, 0.6) is 0 Å². The molecule has 1 saturated heterocycles. The third kappa shape index (κ3) is 4.49. The van der Waals surface area contributed by atoms with Crippen molar-refractivity contribution in [1.82, 2.24) is 14.8 Å². The minimum atomic E-state index is 0.206. The molecule has 27 heavy (non-hydrogen) atoms. The average Bonchev–Trinajstić information content (AvgIpc) is 2.91. The zero-order chi connectivity index (χ0) is 18.6. The maximum Gasteiger partial charge on any atom is 0.227 e. The Balaban J connectivity index is 1.38. The maximum absolute atomic E-state index is 12.9. The molecule has 3 aromatic rings. The van der Waals surface area contributed by atoms with Crippen molar-refractivity contribution in [3.8, 4) is 0 Å². The smallest absolute Gasteiger partial charge is 0.227 e. The number of pyridine rings is 1. The van der Waals surface area contributed by atoms with Crippen molar-refractivity contribution in [2.24, 2.45) is 0 Å². The molecule has 1 amide bonds. The number of benzene rings is 1. The number of rotatable bonds is 4. The number of nitrogens with zero attached hydrogens (tertiary/aromatic N) is 3. The van der Waals surface area contributed by atoms with E-state index in [4.69, 9.17) is 11.6 Å². The standard InChI is InChI=1S/C21H22ClN3OS/c22-18-4-5-20-19(12-18)17(15-27-20)11-21(26)25-8-2-7-24(9-10-25)14-16-3-1-6-23-13-16/h1,3-6,12-13,15H,2,7-11,14H2.